The Morgan fingerprint density at radius 2 is 1.29 bits per heavy atom. The zero-order valence-electron chi connectivity index (χ0n) is 32.7. The number of pyridine rings is 1. The number of para-hydroxylation sites is 1. The van der Waals surface area contributed by atoms with E-state index in [1.165, 1.54) is 55.0 Å². The van der Waals surface area contributed by atoms with Crippen LogP contribution in [0.3, 0.4) is 0 Å². The highest BCUT2D eigenvalue weighted by molar-refractivity contribution is 6.16. The zero-order chi connectivity index (χ0) is 39.2. The summed E-state index contributed by atoms with van der Waals surface area (Å²) in [5.41, 5.74) is 17.5. The average Bonchev–Trinajstić information content (AvgIpc) is 3.91. The van der Waals surface area contributed by atoms with Gasteiger partial charge < -0.3 is 14.9 Å². The van der Waals surface area contributed by atoms with Crippen molar-refractivity contribution in [1.29, 1.82) is 0 Å². The largest absolute Gasteiger partial charge is 0.359 e. The molecule has 4 heterocycles. The highest BCUT2D eigenvalue weighted by Crippen LogP contribution is 2.51. The molecule has 1 atom stereocenters. The molecule has 280 valence electrons. The van der Waals surface area contributed by atoms with E-state index in [9.17, 15) is 0 Å². The molecule has 59 heavy (non-hydrogen) atoms. The van der Waals surface area contributed by atoms with E-state index in [-0.39, 0.29) is 11.5 Å². The van der Waals surface area contributed by atoms with E-state index in [2.05, 4.69) is 193 Å². The number of nitrogens with one attached hydrogen (secondary N) is 2. The molecule has 5 nitrogen and oxygen atoms in total. The van der Waals surface area contributed by atoms with Gasteiger partial charge in [-0.15, -0.1) is 0 Å². The van der Waals surface area contributed by atoms with Gasteiger partial charge in [0.2, 0.25) is 0 Å². The lowest BCUT2D eigenvalue weighted by Crippen LogP contribution is -2.31. The fourth-order valence-electron chi connectivity index (χ4n) is 9.74. The molecule has 0 radical (unpaired) electrons. The molecule has 5 heteroatoms. The molecule has 0 amide bonds. The van der Waals surface area contributed by atoms with Crippen LogP contribution in [0.4, 0.5) is 0 Å². The highest BCUT2D eigenvalue weighted by Gasteiger charge is 2.36. The van der Waals surface area contributed by atoms with E-state index in [1.807, 2.05) is 18.5 Å². The predicted octanol–water partition coefficient (Wildman–Crippen LogP) is 12.9. The number of rotatable bonds is 5. The van der Waals surface area contributed by atoms with E-state index in [1.54, 1.807) is 0 Å². The Morgan fingerprint density at radius 1 is 0.542 bits per heavy atom. The molecule has 0 bridgehead atoms. The molecular formula is C54H39N5. The Bertz CT molecular complexity index is 3370. The normalized spacial score (nSPS) is 15.6. The van der Waals surface area contributed by atoms with Gasteiger partial charge in [-0.3, -0.25) is 4.98 Å². The second-order valence-corrected chi connectivity index (χ2v) is 16.4. The van der Waals surface area contributed by atoms with Crippen molar-refractivity contribution < 1.29 is 0 Å². The van der Waals surface area contributed by atoms with E-state index in [0.29, 0.717) is 0 Å². The number of aromatic amines is 1. The van der Waals surface area contributed by atoms with Crippen LogP contribution in [0, 0.1) is 0 Å². The summed E-state index contributed by atoms with van der Waals surface area (Å²) in [6, 6.07) is 59.1. The lowest BCUT2D eigenvalue weighted by atomic mass is 9.82. The number of nitrogens with zero attached hydrogens (tertiary/aromatic N) is 3. The number of hydrogen-bond acceptors (Lipinski definition) is 3. The van der Waals surface area contributed by atoms with Crippen LogP contribution < -0.4 is 5.32 Å². The van der Waals surface area contributed by atoms with Crippen molar-refractivity contribution >= 4 is 55.1 Å². The van der Waals surface area contributed by atoms with Crippen LogP contribution in [0.25, 0.3) is 77.2 Å². The molecule has 0 spiro atoms. The summed E-state index contributed by atoms with van der Waals surface area (Å²) < 4.78 is 2.46. The first-order valence-corrected chi connectivity index (χ1v) is 20.4. The van der Waals surface area contributed by atoms with Gasteiger partial charge in [0.1, 0.15) is 5.84 Å². The standard InChI is InChI=1S/C54H39N5/c1-54(2)44-19-11-9-17-38(44)40-28-41-39-18-10-12-20-50(39)59(51(41)29-45(40)54)37-25-26-46-42(27-37)52-43(31-55-32-49(52)56-46)33-21-23-35(24-22-33)48-30-47(34-13-5-3-6-14-34)57-53(58-48)36-15-7-4-8-16-36/h3-32,47,56H,1-2H3,(H,57,58). The van der Waals surface area contributed by atoms with Gasteiger partial charge in [-0.25, -0.2) is 4.99 Å². The molecular weight excluding hydrogens is 719 g/mol. The van der Waals surface area contributed by atoms with E-state index in [4.69, 9.17) is 9.98 Å². The average molecular weight is 758 g/mol. The van der Waals surface area contributed by atoms with Gasteiger partial charge in [-0.2, -0.15) is 0 Å². The van der Waals surface area contributed by atoms with Crippen molar-refractivity contribution in [2.45, 2.75) is 25.3 Å². The topological polar surface area (TPSA) is 58.0 Å². The molecule has 1 unspecified atom stereocenters. The van der Waals surface area contributed by atoms with Gasteiger partial charge in [0, 0.05) is 55.5 Å². The van der Waals surface area contributed by atoms with Gasteiger partial charge >= 0.3 is 0 Å². The van der Waals surface area contributed by atoms with E-state index < -0.39 is 0 Å². The van der Waals surface area contributed by atoms with Crippen molar-refractivity contribution in [3.8, 4) is 27.9 Å². The summed E-state index contributed by atoms with van der Waals surface area (Å²) in [6.45, 7) is 4.72. The van der Waals surface area contributed by atoms with Crippen LogP contribution >= 0.6 is 0 Å². The summed E-state index contributed by atoms with van der Waals surface area (Å²) in [4.78, 5) is 13.6. The summed E-state index contributed by atoms with van der Waals surface area (Å²) in [5.74, 6) is 0.867. The molecule has 12 rings (SSSR count). The lowest BCUT2D eigenvalue weighted by molar-refractivity contribution is 0.661. The molecule has 3 aromatic heterocycles. The van der Waals surface area contributed by atoms with Crippen LogP contribution in [0.2, 0.25) is 0 Å². The zero-order valence-corrected chi connectivity index (χ0v) is 32.7. The van der Waals surface area contributed by atoms with Crippen molar-refractivity contribution in [3.05, 3.63) is 210 Å². The third kappa shape index (κ3) is 5.18. The van der Waals surface area contributed by atoms with Crippen LogP contribution in [-0.2, 0) is 5.41 Å². The number of fused-ring (bicyclic) bond motifs is 9. The van der Waals surface area contributed by atoms with Crippen molar-refractivity contribution in [2.24, 2.45) is 4.99 Å². The molecule has 1 aliphatic heterocycles. The smallest absolute Gasteiger partial charge is 0.134 e. The van der Waals surface area contributed by atoms with Crippen molar-refractivity contribution in [2.75, 3.05) is 0 Å². The second kappa shape index (κ2) is 12.8. The monoisotopic (exact) mass is 757 g/mol. The van der Waals surface area contributed by atoms with Crippen LogP contribution in [0.15, 0.2) is 187 Å². The summed E-state index contributed by atoms with van der Waals surface area (Å²) in [5, 5.41) is 8.54. The SMILES string of the molecule is CC1(C)c2ccccc2-c2cc3c4ccccc4n(-c4ccc5[nH]c6cncc(-c7ccc(C8=CC(c9ccccc9)NC(c9ccccc9)=N8)cc7)c6c5c4)c3cc21. The Balaban J connectivity index is 0.981. The van der Waals surface area contributed by atoms with E-state index in [0.717, 1.165) is 55.9 Å². The van der Waals surface area contributed by atoms with Crippen LogP contribution in [-0.4, -0.2) is 20.4 Å². The Labute approximate surface area is 342 Å². The first-order chi connectivity index (χ1) is 29.0. The molecule has 0 fully saturated rings. The van der Waals surface area contributed by atoms with Gasteiger partial charge in [-0.1, -0.05) is 141 Å². The summed E-state index contributed by atoms with van der Waals surface area (Å²) in [7, 11) is 0. The fourth-order valence-corrected chi connectivity index (χ4v) is 9.74. The molecule has 1 aliphatic carbocycles. The molecule has 2 aliphatic rings. The third-order valence-electron chi connectivity index (χ3n) is 12.7. The summed E-state index contributed by atoms with van der Waals surface area (Å²) in [6.07, 6.45) is 6.17. The third-order valence-corrected chi connectivity index (χ3v) is 12.7. The molecule has 2 N–H and O–H groups in total. The quantitative estimate of drug-likeness (QED) is 0.184. The van der Waals surface area contributed by atoms with E-state index >= 15 is 0 Å². The Kier molecular flexibility index (Phi) is 7.27. The first kappa shape index (κ1) is 33.6. The number of aliphatic imine (C=N–C) groups is 1. The number of aromatic nitrogens is 3. The first-order valence-electron chi connectivity index (χ1n) is 20.4. The van der Waals surface area contributed by atoms with Crippen molar-refractivity contribution in [1.82, 2.24) is 19.9 Å². The van der Waals surface area contributed by atoms with Gasteiger partial charge in [0.25, 0.3) is 0 Å². The summed E-state index contributed by atoms with van der Waals surface area (Å²) >= 11 is 0. The van der Waals surface area contributed by atoms with Gasteiger partial charge in [0.15, 0.2) is 0 Å². The van der Waals surface area contributed by atoms with Gasteiger partial charge in [0.05, 0.1) is 34.5 Å². The minimum atomic E-state index is -0.0931. The molecule has 10 aromatic rings. The minimum Gasteiger partial charge on any atom is -0.359 e. The number of amidine groups is 1. The molecule has 0 saturated heterocycles. The number of benzene rings is 7. The highest BCUT2D eigenvalue weighted by atomic mass is 15.0. The maximum absolute atomic E-state index is 5.14. The fraction of sp³-hybridized carbons (Fsp3) is 0.0741. The van der Waals surface area contributed by atoms with Crippen molar-refractivity contribution in [3.63, 3.8) is 0 Å². The minimum absolute atomic E-state index is 0.00445. The Hall–Kier alpha value is -7.50. The number of H-pyrrole nitrogens is 1. The van der Waals surface area contributed by atoms with Gasteiger partial charge in [-0.05, 0) is 81.4 Å². The number of hydrogen-bond donors (Lipinski definition) is 2. The van der Waals surface area contributed by atoms with Crippen LogP contribution in [0.1, 0.15) is 47.7 Å². The maximum atomic E-state index is 5.14. The molecule has 7 aromatic carbocycles. The lowest BCUT2D eigenvalue weighted by Gasteiger charge is -2.24. The van der Waals surface area contributed by atoms with Crippen LogP contribution in [0.5, 0.6) is 0 Å². The Morgan fingerprint density at radius 3 is 2.14 bits per heavy atom. The predicted molar refractivity (Wildman–Crippen MR) is 244 cm³/mol. The molecule has 0 saturated carbocycles. The maximum Gasteiger partial charge on any atom is 0.134 e. The second-order valence-electron chi connectivity index (χ2n) is 16.4.